The summed E-state index contributed by atoms with van der Waals surface area (Å²) in [4.78, 5) is 2.25. The molecule has 1 aromatic heterocycles. The van der Waals surface area contributed by atoms with E-state index in [9.17, 15) is 0 Å². The fourth-order valence-corrected chi connectivity index (χ4v) is 2.14. The van der Waals surface area contributed by atoms with Gasteiger partial charge in [-0.05, 0) is 31.7 Å². The van der Waals surface area contributed by atoms with E-state index in [-0.39, 0.29) is 0 Å². The van der Waals surface area contributed by atoms with Gasteiger partial charge in [-0.3, -0.25) is 0 Å². The summed E-state index contributed by atoms with van der Waals surface area (Å²) in [6, 6.07) is 10.5. The molecule has 0 aliphatic carbocycles. The molecule has 0 fully saturated rings. The van der Waals surface area contributed by atoms with Gasteiger partial charge in [0.2, 0.25) is 0 Å². The number of hydrogen-bond donors (Lipinski definition) is 1. The van der Waals surface area contributed by atoms with Crippen molar-refractivity contribution >= 4 is 5.69 Å². The second kappa shape index (κ2) is 5.74. The summed E-state index contributed by atoms with van der Waals surface area (Å²) < 4.78 is 5.34. The number of para-hydroxylation sites is 1. The van der Waals surface area contributed by atoms with E-state index in [1.54, 1.807) is 6.26 Å². The molecular formula is C15H20N2O. The fraction of sp³-hybridized carbons (Fsp3) is 0.333. The molecule has 0 aliphatic heterocycles. The molecule has 0 amide bonds. The lowest BCUT2D eigenvalue weighted by atomic mass is 10.1. The van der Waals surface area contributed by atoms with Gasteiger partial charge in [-0.1, -0.05) is 18.2 Å². The van der Waals surface area contributed by atoms with Crippen LogP contribution < -0.4 is 10.2 Å². The average molecular weight is 244 g/mol. The van der Waals surface area contributed by atoms with Gasteiger partial charge in [-0.25, -0.2) is 0 Å². The zero-order valence-electron chi connectivity index (χ0n) is 11.2. The van der Waals surface area contributed by atoms with Crippen molar-refractivity contribution in [3.63, 3.8) is 0 Å². The molecule has 18 heavy (non-hydrogen) atoms. The van der Waals surface area contributed by atoms with Crippen molar-refractivity contribution < 1.29 is 4.42 Å². The Morgan fingerprint density at radius 3 is 2.61 bits per heavy atom. The first-order chi connectivity index (χ1) is 8.72. The molecule has 0 unspecified atom stereocenters. The van der Waals surface area contributed by atoms with Crippen LogP contribution in [0.4, 0.5) is 5.69 Å². The van der Waals surface area contributed by atoms with Crippen molar-refractivity contribution in [1.82, 2.24) is 5.32 Å². The zero-order valence-corrected chi connectivity index (χ0v) is 11.2. The Hall–Kier alpha value is -1.74. The highest BCUT2D eigenvalue weighted by atomic mass is 16.3. The molecule has 96 valence electrons. The van der Waals surface area contributed by atoms with E-state index in [1.807, 2.05) is 20.0 Å². The Morgan fingerprint density at radius 1 is 1.17 bits per heavy atom. The van der Waals surface area contributed by atoms with E-state index in [1.165, 1.54) is 16.8 Å². The largest absolute Gasteiger partial charge is 0.469 e. The van der Waals surface area contributed by atoms with Crippen LogP contribution in [0.25, 0.3) is 0 Å². The van der Waals surface area contributed by atoms with Crippen molar-refractivity contribution in [2.24, 2.45) is 0 Å². The summed E-state index contributed by atoms with van der Waals surface area (Å²) in [5.41, 5.74) is 3.80. The first-order valence-electron chi connectivity index (χ1n) is 6.19. The lowest BCUT2D eigenvalue weighted by Crippen LogP contribution is -2.19. The molecule has 1 N–H and O–H groups in total. The number of furan rings is 1. The second-order valence-corrected chi connectivity index (χ2v) is 4.52. The zero-order chi connectivity index (χ0) is 13.0. The van der Waals surface area contributed by atoms with Crippen LogP contribution in [-0.4, -0.2) is 14.1 Å². The van der Waals surface area contributed by atoms with Crippen molar-refractivity contribution in [2.45, 2.75) is 20.0 Å². The van der Waals surface area contributed by atoms with Crippen molar-refractivity contribution in [3.8, 4) is 0 Å². The molecule has 0 atom stereocenters. The molecule has 1 aromatic carbocycles. The number of anilines is 1. The summed E-state index contributed by atoms with van der Waals surface area (Å²) >= 11 is 0. The maximum atomic E-state index is 5.34. The normalized spacial score (nSPS) is 10.6. The van der Waals surface area contributed by atoms with Gasteiger partial charge in [0.1, 0.15) is 5.76 Å². The number of nitrogens with zero attached hydrogens (tertiary/aromatic N) is 1. The Morgan fingerprint density at radius 2 is 1.94 bits per heavy atom. The molecule has 0 saturated carbocycles. The first-order valence-corrected chi connectivity index (χ1v) is 6.19. The van der Waals surface area contributed by atoms with E-state index in [4.69, 9.17) is 4.42 Å². The number of hydrogen-bond acceptors (Lipinski definition) is 3. The molecule has 0 bridgehead atoms. The third-order valence-electron chi connectivity index (χ3n) is 3.14. The van der Waals surface area contributed by atoms with Crippen LogP contribution in [0.2, 0.25) is 0 Å². The Bertz CT molecular complexity index is 505. The molecule has 0 aliphatic rings. The van der Waals surface area contributed by atoms with Crippen LogP contribution >= 0.6 is 0 Å². The third-order valence-corrected chi connectivity index (χ3v) is 3.14. The molecule has 0 spiro atoms. The molecule has 0 saturated heterocycles. The monoisotopic (exact) mass is 244 g/mol. The van der Waals surface area contributed by atoms with E-state index in [0.717, 1.165) is 18.8 Å². The molecule has 1 heterocycles. The van der Waals surface area contributed by atoms with Gasteiger partial charge in [-0.15, -0.1) is 0 Å². The second-order valence-electron chi connectivity index (χ2n) is 4.52. The van der Waals surface area contributed by atoms with Crippen molar-refractivity contribution in [3.05, 3.63) is 53.5 Å². The SMILES string of the molecule is CNCc1ccccc1N(C)Cc1ccoc1C. The highest BCUT2D eigenvalue weighted by Crippen LogP contribution is 2.22. The van der Waals surface area contributed by atoms with Crippen LogP contribution in [-0.2, 0) is 13.1 Å². The third kappa shape index (κ3) is 2.74. The van der Waals surface area contributed by atoms with Gasteiger partial charge < -0.3 is 14.6 Å². The minimum absolute atomic E-state index is 0.864. The molecule has 3 nitrogen and oxygen atoms in total. The molecule has 2 rings (SSSR count). The average Bonchev–Trinajstić information content (AvgIpc) is 2.76. The van der Waals surface area contributed by atoms with E-state index < -0.39 is 0 Å². The number of rotatable bonds is 5. The highest BCUT2D eigenvalue weighted by molar-refractivity contribution is 5.53. The molecule has 2 aromatic rings. The maximum absolute atomic E-state index is 5.34. The molecular weight excluding hydrogens is 224 g/mol. The van der Waals surface area contributed by atoms with Crippen LogP contribution in [0.5, 0.6) is 0 Å². The highest BCUT2D eigenvalue weighted by Gasteiger charge is 2.09. The summed E-state index contributed by atoms with van der Waals surface area (Å²) in [5.74, 6) is 0.993. The van der Waals surface area contributed by atoms with Gasteiger partial charge in [0.05, 0.1) is 6.26 Å². The van der Waals surface area contributed by atoms with Crippen molar-refractivity contribution in [2.75, 3.05) is 19.0 Å². The van der Waals surface area contributed by atoms with E-state index in [2.05, 4.69) is 41.5 Å². The topological polar surface area (TPSA) is 28.4 Å². The summed E-state index contributed by atoms with van der Waals surface area (Å²) in [6.07, 6.45) is 1.75. The summed E-state index contributed by atoms with van der Waals surface area (Å²) in [5, 5.41) is 3.20. The van der Waals surface area contributed by atoms with Crippen LogP contribution in [0.1, 0.15) is 16.9 Å². The molecule has 3 heteroatoms. The van der Waals surface area contributed by atoms with Gasteiger partial charge in [0, 0.05) is 31.4 Å². The molecule has 0 radical (unpaired) electrons. The van der Waals surface area contributed by atoms with Crippen LogP contribution in [0.15, 0.2) is 41.0 Å². The Balaban J connectivity index is 2.18. The predicted molar refractivity (Wildman–Crippen MR) is 74.8 cm³/mol. The van der Waals surface area contributed by atoms with Crippen molar-refractivity contribution in [1.29, 1.82) is 0 Å². The lowest BCUT2D eigenvalue weighted by Gasteiger charge is -2.22. The Kier molecular flexibility index (Phi) is 4.05. The number of benzene rings is 1. The number of aryl methyl sites for hydroxylation is 1. The lowest BCUT2D eigenvalue weighted by molar-refractivity contribution is 0.529. The predicted octanol–water partition coefficient (Wildman–Crippen LogP) is 2.94. The van der Waals surface area contributed by atoms with Gasteiger partial charge in [-0.2, -0.15) is 0 Å². The standard InChI is InChI=1S/C15H20N2O/c1-12-14(8-9-18-12)11-17(3)15-7-5-4-6-13(15)10-16-2/h4-9,16H,10-11H2,1-3H3. The minimum atomic E-state index is 0.864. The van der Waals surface area contributed by atoms with E-state index in [0.29, 0.717) is 0 Å². The van der Waals surface area contributed by atoms with Crippen LogP contribution in [0.3, 0.4) is 0 Å². The number of nitrogens with one attached hydrogen (secondary N) is 1. The summed E-state index contributed by atoms with van der Waals surface area (Å²) in [6.45, 7) is 3.75. The fourth-order valence-electron chi connectivity index (χ4n) is 2.14. The van der Waals surface area contributed by atoms with Gasteiger partial charge in [0.15, 0.2) is 0 Å². The smallest absolute Gasteiger partial charge is 0.105 e. The quantitative estimate of drug-likeness (QED) is 0.876. The van der Waals surface area contributed by atoms with Crippen LogP contribution in [0, 0.1) is 6.92 Å². The van der Waals surface area contributed by atoms with Gasteiger partial charge >= 0.3 is 0 Å². The van der Waals surface area contributed by atoms with Gasteiger partial charge in [0.25, 0.3) is 0 Å². The summed E-state index contributed by atoms with van der Waals surface area (Å²) in [7, 11) is 4.08. The van der Waals surface area contributed by atoms with E-state index >= 15 is 0 Å². The maximum Gasteiger partial charge on any atom is 0.105 e. The first kappa shape index (κ1) is 12.7. The Labute approximate surface area is 108 Å². The minimum Gasteiger partial charge on any atom is -0.469 e.